The van der Waals surface area contributed by atoms with Crippen molar-refractivity contribution in [1.82, 2.24) is 0 Å². The second-order valence-corrected chi connectivity index (χ2v) is 3.33. The van der Waals surface area contributed by atoms with Crippen molar-refractivity contribution in [2.75, 3.05) is 6.61 Å². The van der Waals surface area contributed by atoms with E-state index in [2.05, 4.69) is 0 Å². The fourth-order valence-electron chi connectivity index (χ4n) is 2.03. The van der Waals surface area contributed by atoms with Crippen molar-refractivity contribution in [3.8, 4) is 0 Å². The average Bonchev–Trinajstić information content (AvgIpc) is 2.34. The molecule has 0 unspecified atom stereocenters. The molecular formula is C8H12O2. The lowest BCUT2D eigenvalue weighted by Gasteiger charge is -2.21. The number of hydrogen-bond acceptors (Lipinski definition) is 2. The van der Waals surface area contributed by atoms with Gasteiger partial charge in [0.25, 0.3) is 0 Å². The number of carbonyl (C=O) groups is 1. The number of fused-ring (bicyclic) bond motifs is 2. The lowest BCUT2D eigenvalue weighted by molar-refractivity contribution is -0.112. The van der Waals surface area contributed by atoms with E-state index in [0.717, 1.165) is 32.2 Å². The summed E-state index contributed by atoms with van der Waals surface area (Å²) in [6, 6.07) is 0. The van der Waals surface area contributed by atoms with Gasteiger partial charge in [0.15, 0.2) is 0 Å². The molecule has 0 N–H and O–H groups in total. The van der Waals surface area contributed by atoms with Crippen molar-refractivity contribution in [3.63, 3.8) is 0 Å². The van der Waals surface area contributed by atoms with Crippen LogP contribution in [0.1, 0.15) is 19.3 Å². The summed E-state index contributed by atoms with van der Waals surface area (Å²) in [6.07, 6.45) is 4.87. The van der Waals surface area contributed by atoms with Crippen LogP contribution in [0.3, 0.4) is 0 Å². The Balaban J connectivity index is 2.06. The van der Waals surface area contributed by atoms with Gasteiger partial charge >= 0.3 is 0 Å². The molecule has 3 atom stereocenters. The van der Waals surface area contributed by atoms with Crippen molar-refractivity contribution in [2.45, 2.75) is 25.4 Å². The molecule has 2 heteroatoms. The second-order valence-electron chi connectivity index (χ2n) is 3.33. The van der Waals surface area contributed by atoms with E-state index in [-0.39, 0.29) is 0 Å². The van der Waals surface area contributed by atoms with Crippen LogP contribution < -0.4 is 0 Å². The molecule has 10 heavy (non-hydrogen) atoms. The zero-order valence-electron chi connectivity index (χ0n) is 5.95. The van der Waals surface area contributed by atoms with E-state index in [1.807, 2.05) is 0 Å². The molecule has 0 radical (unpaired) electrons. The van der Waals surface area contributed by atoms with Gasteiger partial charge in [0.2, 0.25) is 0 Å². The Morgan fingerprint density at radius 2 is 2.30 bits per heavy atom. The quantitative estimate of drug-likeness (QED) is 0.508. The van der Waals surface area contributed by atoms with Gasteiger partial charge in [-0.25, -0.2) is 0 Å². The lowest BCUT2D eigenvalue weighted by Crippen LogP contribution is -2.21. The maximum absolute atomic E-state index is 10.5. The van der Waals surface area contributed by atoms with Crippen molar-refractivity contribution in [2.24, 2.45) is 11.8 Å². The van der Waals surface area contributed by atoms with Crippen LogP contribution in [0.15, 0.2) is 0 Å². The van der Waals surface area contributed by atoms with Crippen LogP contribution in [0.2, 0.25) is 0 Å². The van der Waals surface area contributed by atoms with Gasteiger partial charge in [0.05, 0.1) is 12.7 Å². The third-order valence-electron chi connectivity index (χ3n) is 2.71. The van der Waals surface area contributed by atoms with Gasteiger partial charge < -0.3 is 9.53 Å². The first-order chi connectivity index (χ1) is 4.90. The van der Waals surface area contributed by atoms with E-state index < -0.39 is 0 Å². The zero-order chi connectivity index (χ0) is 6.97. The molecule has 0 aromatic heterocycles. The standard InChI is InChI=1S/C8H12O2/c9-4-6-1-2-8-3-7(6)5-10-8/h4,6-8H,1-3,5H2/t6-,7+,8-/m0/s1. The Hall–Kier alpha value is -0.370. The SMILES string of the molecule is O=C[C@@H]1CC[C@H]2C[C@@H]1CO2. The normalized spacial score (nSPS) is 45.4. The van der Waals surface area contributed by atoms with Gasteiger partial charge in [-0.2, -0.15) is 0 Å². The van der Waals surface area contributed by atoms with Crippen molar-refractivity contribution >= 4 is 6.29 Å². The number of ether oxygens (including phenoxy) is 1. The summed E-state index contributed by atoms with van der Waals surface area (Å²) < 4.78 is 5.45. The van der Waals surface area contributed by atoms with Crippen LogP contribution >= 0.6 is 0 Å². The Bertz CT molecular complexity index is 144. The molecule has 0 spiro atoms. The highest BCUT2D eigenvalue weighted by Crippen LogP contribution is 2.36. The highest BCUT2D eigenvalue weighted by atomic mass is 16.5. The molecule has 1 heterocycles. The molecule has 2 fully saturated rings. The van der Waals surface area contributed by atoms with Gasteiger partial charge in [-0.1, -0.05) is 0 Å². The molecule has 1 aliphatic carbocycles. The van der Waals surface area contributed by atoms with E-state index in [0.29, 0.717) is 17.9 Å². The summed E-state index contributed by atoms with van der Waals surface area (Å²) in [5.41, 5.74) is 0. The maximum atomic E-state index is 10.5. The van der Waals surface area contributed by atoms with E-state index in [1.165, 1.54) is 0 Å². The molecule has 0 amide bonds. The van der Waals surface area contributed by atoms with Crippen LogP contribution in [0.4, 0.5) is 0 Å². The molecule has 1 saturated carbocycles. The van der Waals surface area contributed by atoms with Crippen molar-refractivity contribution in [3.05, 3.63) is 0 Å². The molecule has 0 aromatic rings. The number of aldehydes is 1. The molecule has 2 bridgehead atoms. The monoisotopic (exact) mass is 140 g/mol. The Morgan fingerprint density at radius 3 is 3.10 bits per heavy atom. The fourth-order valence-corrected chi connectivity index (χ4v) is 2.03. The summed E-state index contributed by atoms with van der Waals surface area (Å²) in [7, 11) is 0. The van der Waals surface area contributed by atoms with Crippen molar-refractivity contribution in [1.29, 1.82) is 0 Å². The molecule has 56 valence electrons. The van der Waals surface area contributed by atoms with Crippen LogP contribution in [-0.2, 0) is 9.53 Å². The Kier molecular flexibility index (Phi) is 1.49. The minimum absolute atomic E-state index is 0.304. The van der Waals surface area contributed by atoms with Gasteiger partial charge in [-0.05, 0) is 25.2 Å². The van der Waals surface area contributed by atoms with E-state index >= 15 is 0 Å². The summed E-state index contributed by atoms with van der Waals surface area (Å²) in [5, 5.41) is 0. The maximum Gasteiger partial charge on any atom is 0.123 e. The largest absolute Gasteiger partial charge is 0.378 e. The predicted octanol–water partition coefficient (Wildman–Crippen LogP) is 1.00. The fraction of sp³-hybridized carbons (Fsp3) is 0.875. The van der Waals surface area contributed by atoms with E-state index in [4.69, 9.17) is 4.74 Å². The number of hydrogen-bond donors (Lipinski definition) is 0. The van der Waals surface area contributed by atoms with Crippen LogP contribution in [0, 0.1) is 11.8 Å². The Morgan fingerprint density at radius 1 is 1.40 bits per heavy atom. The first-order valence-electron chi connectivity index (χ1n) is 3.97. The Labute approximate surface area is 60.6 Å². The zero-order valence-corrected chi connectivity index (χ0v) is 5.95. The topological polar surface area (TPSA) is 26.3 Å². The summed E-state index contributed by atoms with van der Waals surface area (Å²) in [4.78, 5) is 10.5. The average molecular weight is 140 g/mol. The van der Waals surface area contributed by atoms with E-state index in [9.17, 15) is 4.79 Å². The molecule has 0 aromatic carbocycles. The lowest BCUT2D eigenvalue weighted by atomic mass is 9.81. The van der Waals surface area contributed by atoms with Crippen molar-refractivity contribution < 1.29 is 9.53 Å². The summed E-state index contributed by atoms with van der Waals surface area (Å²) in [6.45, 7) is 0.827. The summed E-state index contributed by atoms with van der Waals surface area (Å²) >= 11 is 0. The number of rotatable bonds is 1. The molecule has 1 aliphatic heterocycles. The van der Waals surface area contributed by atoms with Gasteiger partial charge in [-0.15, -0.1) is 0 Å². The second kappa shape index (κ2) is 2.35. The molecular weight excluding hydrogens is 128 g/mol. The minimum Gasteiger partial charge on any atom is -0.378 e. The highest BCUT2D eigenvalue weighted by Gasteiger charge is 2.36. The van der Waals surface area contributed by atoms with Crippen LogP contribution in [0.25, 0.3) is 0 Å². The first-order valence-corrected chi connectivity index (χ1v) is 3.97. The molecule has 1 saturated heterocycles. The molecule has 2 nitrogen and oxygen atoms in total. The summed E-state index contributed by atoms with van der Waals surface area (Å²) in [5.74, 6) is 0.856. The smallest absolute Gasteiger partial charge is 0.123 e. The minimum atomic E-state index is 0.304. The third kappa shape index (κ3) is 0.870. The van der Waals surface area contributed by atoms with E-state index in [1.54, 1.807) is 0 Å². The number of carbonyl (C=O) groups excluding carboxylic acids is 1. The van der Waals surface area contributed by atoms with Gasteiger partial charge in [0.1, 0.15) is 6.29 Å². The predicted molar refractivity (Wildman–Crippen MR) is 36.6 cm³/mol. The molecule has 2 aliphatic rings. The first kappa shape index (κ1) is 6.35. The van der Waals surface area contributed by atoms with Gasteiger partial charge in [-0.3, -0.25) is 0 Å². The van der Waals surface area contributed by atoms with Gasteiger partial charge in [0, 0.05) is 5.92 Å². The van der Waals surface area contributed by atoms with Crippen LogP contribution in [-0.4, -0.2) is 19.0 Å². The van der Waals surface area contributed by atoms with Crippen LogP contribution in [0.5, 0.6) is 0 Å². The third-order valence-corrected chi connectivity index (χ3v) is 2.71. The molecule has 2 rings (SSSR count). The highest BCUT2D eigenvalue weighted by molar-refractivity contribution is 5.54.